The summed E-state index contributed by atoms with van der Waals surface area (Å²) in [7, 11) is -3.55. The van der Waals surface area contributed by atoms with Crippen LogP contribution in [-0.2, 0) is 16.6 Å². The van der Waals surface area contributed by atoms with Gasteiger partial charge in [0.2, 0.25) is 10.0 Å². The summed E-state index contributed by atoms with van der Waals surface area (Å²) in [6, 6.07) is 10.3. The smallest absolute Gasteiger partial charge is 0.241 e. The lowest BCUT2D eigenvalue weighted by Crippen LogP contribution is -2.27. The molecule has 1 unspecified atom stereocenters. The van der Waals surface area contributed by atoms with Gasteiger partial charge < -0.3 is 5.73 Å². The Morgan fingerprint density at radius 2 is 2.00 bits per heavy atom. The molecule has 6 heteroatoms. The van der Waals surface area contributed by atoms with Gasteiger partial charge in [0.15, 0.2) is 0 Å². The number of nitrogens with one attached hydrogen (secondary N) is 1. The van der Waals surface area contributed by atoms with Crippen LogP contribution in [0, 0.1) is 0 Å². The predicted molar refractivity (Wildman–Crippen MR) is 77.4 cm³/mol. The maximum Gasteiger partial charge on any atom is 0.241 e. The van der Waals surface area contributed by atoms with Crippen LogP contribution >= 0.6 is 11.3 Å². The second-order valence-electron chi connectivity index (χ2n) is 4.17. The Labute approximate surface area is 117 Å². The molecule has 2 rings (SSSR count). The van der Waals surface area contributed by atoms with Crippen LogP contribution in [0.25, 0.3) is 0 Å². The van der Waals surface area contributed by atoms with E-state index in [0.717, 1.165) is 4.88 Å². The molecule has 0 saturated heterocycles. The second kappa shape index (κ2) is 5.83. The lowest BCUT2D eigenvalue weighted by Gasteiger charge is -2.14. The molecule has 1 aromatic heterocycles. The zero-order valence-corrected chi connectivity index (χ0v) is 12.2. The Hall–Kier alpha value is -1.21. The Balaban J connectivity index is 2.28. The van der Waals surface area contributed by atoms with Crippen molar-refractivity contribution in [2.24, 2.45) is 5.73 Å². The van der Waals surface area contributed by atoms with Crippen LogP contribution in [0.5, 0.6) is 0 Å². The third-order valence-corrected chi connectivity index (χ3v) is 5.48. The van der Waals surface area contributed by atoms with E-state index in [4.69, 9.17) is 5.73 Å². The summed E-state index contributed by atoms with van der Waals surface area (Å²) in [6.45, 7) is 2.03. The Kier molecular flexibility index (Phi) is 4.36. The van der Waals surface area contributed by atoms with E-state index >= 15 is 0 Å². The number of nitrogens with two attached hydrogens (primary N) is 1. The maximum atomic E-state index is 12.4. The molecule has 0 saturated carbocycles. The first-order valence-electron chi connectivity index (χ1n) is 5.88. The molecule has 0 aliphatic carbocycles. The number of hydrogen-bond acceptors (Lipinski definition) is 4. The molecule has 3 N–H and O–H groups in total. The highest BCUT2D eigenvalue weighted by atomic mass is 32.2. The van der Waals surface area contributed by atoms with Gasteiger partial charge in [-0.3, -0.25) is 0 Å². The largest absolute Gasteiger partial charge is 0.326 e. The molecular formula is C13H16N2O2S2. The lowest BCUT2D eigenvalue weighted by molar-refractivity contribution is 0.567. The molecule has 1 heterocycles. The number of rotatable bonds is 5. The molecular weight excluding hydrogens is 280 g/mol. The molecule has 0 amide bonds. The summed E-state index contributed by atoms with van der Waals surface area (Å²) < 4.78 is 27.4. The minimum Gasteiger partial charge on any atom is -0.326 e. The van der Waals surface area contributed by atoms with Crippen LogP contribution in [0.3, 0.4) is 0 Å². The van der Waals surface area contributed by atoms with Gasteiger partial charge in [-0.05, 0) is 30.0 Å². The zero-order valence-electron chi connectivity index (χ0n) is 10.5. The second-order valence-corrected chi connectivity index (χ2v) is 6.83. The van der Waals surface area contributed by atoms with Crippen LogP contribution < -0.4 is 10.5 Å². The van der Waals surface area contributed by atoms with Crippen molar-refractivity contribution in [2.45, 2.75) is 24.4 Å². The third-order valence-electron chi connectivity index (χ3n) is 2.78. The summed E-state index contributed by atoms with van der Waals surface area (Å²) in [4.78, 5) is 1.23. The van der Waals surface area contributed by atoms with Crippen LogP contribution in [-0.4, -0.2) is 8.42 Å². The van der Waals surface area contributed by atoms with Crippen molar-refractivity contribution in [1.29, 1.82) is 0 Å². The number of hydrogen-bond donors (Lipinski definition) is 2. The van der Waals surface area contributed by atoms with Gasteiger partial charge in [-0.1, -0.05) is 24.3 Å². The third kappa shape index (κ3) is 3.22. The molecule has 0 bridgehead atoms. The standard InChI is InChI=1S/C13H16N2O2S2/c1-10(12-6-4-8-18-12)15-19(16,17)13-7-3-2-5-11(13)9-14/h2-8,10,15H,9,14H2,1H3. The summed E-state index contributed by atoms with van der Waals surface area (Å²) >= 11 is 1.53. The first kappa shape index (κ1) is 14.2. The highest BCUT2D eigenvalue weighted by molar-refractivity contribution is 7.89. The molecule has 102 valence electrons. The van der Waals surface area contributed by atoms with E-state index in [1.54, 1.807) is 24.3 Å². The van der Waals surface area contributed by atoms with E-state index in [-0.39, 0.29) is 17.5 Å². The maximum absolute atomic E-state index is 12.4. The molecule has 0 aliphatic heterocycles. The van der Waals surface area contributed by atoms with Gasteiger partial charge in [0, 0.05) is 11.4 Å². The predicted octanol–water partition coefficient (Wildman–Crippen LogP) is 2.25. The molecule has 19 heavy (non-hydrogen) atoms. The Morgan fingerprint density at radius 3 is 2.63 bits per heavy atom. The number of benzene rings is 1. The molecule has 0 radical (unpaired) electrons. The van der Waals surface area contributed by atoms with Crippen molar-refractivity contribution in [2.75, 3.05) is 0 Å². The van der Waals surface area contributed by atoms with E-state index in [9.17, 15) is 8.42 Å². The number of sulfonamides is 1. The van der Waals surface area contributed by atoms with Crippen molar-refractivity contribution in [1.82, 2.24) is 4.72 Å². The normalized spacial score (nSPS) is 13.4. The monoisotopic (exact) mass is 296 g/mol. The molecule has 1 aromatic carbocycles. The minimum atomic E-state index is -3.55. The van der Waals surface area contributed by atoms with Gasteiger partial charge in [-0.15, -0.1) is 11.3 Å². The van der Waals surface area contributed by atoms with Crippen LogP contribution in [0.2, 0.25) is 0 Å². The molecule has 0 fully saturated rings. The Morgan fingerprint density at radius 1 is 1.26 bits per heavy atom. The van der Waals surface area contributed by atoms with Crippen molar-refractivity contribution < 1.29 is 8.42 Å². The fraction of sp³-hybridized carbons (Fsp3) is 0.231. The van der Waals surface area contributed by atoms with E-state index < -0.39 is 10.0 Å². The van der Waals surface area contributed by atoms with Crippen molar-refractivity contribution in [3.63, 3.8) is 0 Å². The molecule has 2 aromatic rings. The van der Waals surface area contributed by atoms with Crippen molar-refractivity contribution >= 4 is 21.4 Å². The molecule has 0 aliphatic rings. The van der Waals surface area contributed by atoms with Gasteiger partial charge in [0.25, 0.3) is 0 Å². The van der Waals surface area contributed by atoms with Crippen LogP contribution in [0.4, 0.5) is 0 Å². The van der Waals surface area contributed by atoms with E-state index in [1.165, 1.54) is 11.3 Å². The summed E-state index contributed by atoms with van der Waals surface area (Å²) in [5, 5.41) is 1.92. The van der Waals surface area contributed by atoms with Crippen LogP contribution in [0.15, 0.2) is 46.7 Å². The first-order valence-corrected chi connectivity index (χ1v) is 8.24. The van der Waals surface area contributed by atoms with Crippen LogP contribution in [0.1, 0.15) is 23.4 Å². The average molecular weight is 296 g/mol. The molecule has 4 nitrogen and oxygen atoms in total. The van der Waals surface area contributed by atoms with Crippen molar-refractivity contribution in [3.8, 4) is 0 Å². The fourth-order valence-corrected chi connectivity index (χ4v) is 4.11. The summed E-state index contributed by atoms with van der Waals surface area (Å²) in [5.41, 5.74) is 6.20. The minimum absolute atomic E-state index is 0.199. The van der Waals surface area contributed by atoms with E-state index in [1.807, 2.05) is 24.4 Å². The average Bonchev–Trinajstić information content (AvgIpc) is 2.92. The van der Waals surface area contributed by atoms with Crippen molar-refractivity contribution in [3.05, 3.63) is 52.2 Å². The quantitative estimate of drug-likeness (QED) is 0.889. The summed E-state index contributed by atoms with van der Waals surface area (Å²) in [5.74, 6) is 0. The van der Waals surface area contributed by atoms with Gasteiger partial charge in [-0.25, -0.2) is 13.1 Å². The fourth-order valence-electron chi connectivity index (χ4n) is 1.83. The number of thiophene rings is 1. The van der Waals surface area contributed by atoms with E-state index in [2.05, 4.69) is 4.72 Å². The lowest BCUT2D eigenvalue weighted by atomic mass is 10.2. The highest BCUT2D eigenvalue weighted by Gasteiger charge is 2.21. The van der Waals surface area contributed by atoms with Gasteiger partial charge >= 0.3 is 0 Å². The molecule has 0 spiro atoms. The molecule has 1 atom stereocenters. The van der Waals surface area contributed by atoms with E-state index in [0.29, 0.717) is 5.56 Å². The zero-order chi connectivity index (χ0) is 13.9. The topological polar surface area (TPSA) is 72.2 Å². The first-order chi connectivity index (χ1) is 9.04. The van der Waals surface area contributed by atoms with Gasteiger partial charge in [0.05, 0.1) is 10.9 Å². The summed E-state index contributed by atoms with van der Waals surface area (Å²) in [6.07, 6.45) is 0. The van der Waals surface area contributed by atoms with Gasteiger partial charge in [-0.2, -0.15) is 0 Å². The highest BCUT2D eigenvalue weighted by Crippen LogP contribution is 2.22. The SMILES string of the molecule is CC(NS(=O)(=O)c1ccccc1CN)c1cccs1. The Bertz CT molecular complexity index is 636. The van der Waals surface area contributed by atoms with Gasteiger partial charge in [0.1, 0.15) is 0 Å².